The normalized spacial score (nSPS) is 9.80. The van der Waals surface area contributed by atoms with Crippen LogP contribution in [-0.4, -0.2) is 27.0 Å². The van der Waals surface area contributed by atoms with Crippen molar-refractivity contribution in [2.75, 3.05) is 20.8 Å². The highest BCUT2D eigenvalue weighted by atomic mass is 16.6. The van der Waals surface area contributed by atoms with Gasteiger partial charge in [-0.3, -0.25) is 0 Å². The van der Waals surface area contributed by atoms with Gasteiger partial charge in [-0.15, -0.1) is 0 Å². The van der Waals surface area contributed by atoms with Gasteiger partial charge in [-0.05, 0) is 35.9 Å². The fourth-order valence-corrected chi connectivity index (χ4v) is 2.10. The number of rotatable bonds is 6. The molecular weight excluding hydrogens is 316 g/mol. The van der Waals surface area contributed by atoms with Crippen LogP contribution in [0.25, 0.3) is 0 Å². The Bertz CT molecular complexity index is 842. The third-order valence-corrected chi connectivity index (χ3v) is 3.24. The van der Waals surface area contributed by atoms with Crippen molar-refractivity contribution in [3.05, 3.63) is 59.2 Å². The molecule has 0 aliphatic heterocycles. The molecular formula is C20H18N2O3. The summed E-state index contributed by atoms with van der Waals surface area (Å²) in [6, 6.07) is 15.2. The van der Waals surface area contributed by atoms with Crippen LogP contribution in [0.2, 0.25) is 0 Å². The number of nitriles is 1. The van der Waals surface area contributed by atoms with Crippen LogP contribution in [-0.2, 0) is 11.3 Å². The lowest BCUT2D eigenvalue weighted by Crippen LogP contribution is -1.98. The van der Waals surface area contributed by atoms with Crippen molar-refractivity contribution in [3.8, 4) is 29.4 Å². The first-order chi connectivity index (χ1) is 12.3. The molecule has 0 atom stereocenters. The third-order valence-electron chi connectivity index (χ3n) is 3.24. The maximum atomic E-state index is 8.73. The highest BCUT2D eigenvalue weighted by Gasteiger charge is 2.04. The van der Waals surface area contributed by atoms with Crippen molar-refractivity contribution in [2.24, 2.45) is 5.16 Å². The summed E-state index contributed by atoms with van der Waals surface area (Å²) in [5, 5.41) is 12.4. The van der Waals surface area contributed by atoms with Gasteiger partial charge in [-0.1, -0.05) is 29.1 Å². The van der Waals surface area contributed by atoms with E-state index in [1.165, 1.54) is 7.11 Å². The Morgan fingerprint density at radius 2 is 2.00 bits per heavy atom. The molecule has 0 bridgehead atoms. The van der Waals surface area contributed by atoms with Crippen LogP contribution in [0, 0.1) is 23.2 Å². The molecule has 0 aromatic heterocycles. The van der Waals surface area contributed by atoms with Gasteiger partial charge in [0.2, 0.25) is 0 Å². The van der Waals surface area contributed by atoms with Gasteiger partial charge in [-0.25, -0.2) is 0 Å². The summed E-state index contributed by atoms with van der Waals surface area (Å²) in [6.45, 7) is 0.227. The number of ether oxygens (including phenoxy) is 2. The Kier molecular flexibility index (Phi) is 6.91. The average Bonchev–Trinajstić information content (AvgIpc) is 2.64. The number of oxime groups is 1. The van der Waals surface area contributed by atoms with E-state index in [0.717, 1.165) is 16.7 Å². The van der Waals surface area contributed by atoms with Crippen LogP contribution in [0.1, 0.15) is 16.7 Å². The van der Waals surface area contributed by atoms with Crippen LogP contribution in [0.5, 0.6) is 11.5 Å². The first-order valence-electron chi connectivity index (χ1n) is 7.59. The summed E-state index contributed by atoms with van der Waals surface area (Å²) in [6.07, 6.45) is 1.96. The molecule has 0 N–H and O–H groups in total. The molecule has 0 fully saturated rings. The van der Waals surface area contributed by atoms with Crippen LogP contribution < -0.4 is 9.47 Å². The first kappa shape index (κ1) is 17.9. The second kappa shape index (κ2) is 9.64. The molecule has 126 valence electrons. The fourth-order valence-electron chi connectivity index (χ4n) is 2.10. The number of benzene rings is 2. The van der Waals surface area contributed by atoms with E-state index in [1.807, 2.05) is 30.3 Å². The molecule has 0 aliphatic rings. The topological polar surface area (TPSA) is 63.8 Å². The van der Waals surface area contributed by atoms with Crippen LogP contribution in [0.3, 0.4) is 0 Å². The van der Waals surface area contributed by atoms with Crippen LogP contribution >= 0.6 is 0 Å². The van der Waals surface area contributed by atoms with Gasteiger partial charge in [0.15, 0.2) is 11.5 Å². The van der Waals surface area contributed by atoms with Crippen molar-refractivity contribution < 1.29 is 14.3 Å². The molecule has 5 heteroatoms. The maximum Gasteiger partial charge on any atom is 0.162 e. The fraction of sp³-hybridized carbons (Fsp3) is 0.200. The zero-order valence-corrected chi connectivity index (χ0v) is 14.2. The Morgan fingerprint density at radius 3 is 2.76 bits per heavy atom. The number of nitrogens with zero attached hydrogens (tertiary/aromatic N) is 2. The van der Waals surface area contributed by atoms with Gasteiger partial charge in [-0.2, -0.15) is 5.26 Å². The molecule has 0 unspecified atom stereocenters. The van der Waals surface area contributed by atoms with Gasteiger partial charge in [0.25, 0.3) is 0 Å². The molecule has 2 rings (SSSR count). The Labute approximate surface area is 147 Å². The molecule has 2 aromatic rings. The smallest absolute Gasteiger partial charge is 0.162 e. The van der Waals surface area contributed by atoms with E-state index in [2.05, 4.69) is 27.9 Å². The first-order valence-corrected chi connectivity index (χ1v) is 7.59. The summed E-state index contributed by atoms with van der Waals surface area (Å²) in [7, 11) is 3.06. The molecule has 25 heavy (non-hydrogen) atoms. The molecule has 0 radical (unpaired) electrons. The molecule has 0 heterocycles. The Morgan fingerprint density at radius 1 is 1.12 bits per heavy atom. The number of hydrogen-bond acceptors (Lipinski definition) is 5. The van der Waals surface area contributed by atoms with Gasteiger partial charge < -0.3 is 14.3 Å². The van der Waals surface area contributed by atoms with Crippen molar-refractivity contribution in [2.45, 2.75) is 6.42 Å². The Balaban J connectivity index is 2.01. The molecule has 0 spiro atoms. The number of hydrogen-bond donors (Lipinski definition) is 0. The largest absolute Gasteiger partial charge is 0.493 e. The highest BCUT2D eigenvalue weighted by molar-refractivity contribution is 5.80. The standard InChI is InChI=1S/C20H18N2O3/c1-23-20-14-18(15-22-24-2)8-9-19(20)25-12-4-7-16-5-3-6-17(13-16)10-11-21/h3,5-6,8-9,13-15H,10,12H2,1-2H3/b22-15+. The molecule has 5 nitrogen and oxygen atoms in total. The SMILES string of the molecule is CO/N=C/c1ccc(OCC#Cc2cccc(CC#N)c2)c(OC)c1. The minimum Gasteiger partial charge on any atom is -0.493 e. The van der Waals surface area contributed by atoms with Gasteiger partial charge in [0.1, 0.15) is 13.7 Å². The zero-order valence-electron chi connectivity index (χ0n) is 14.2. The lowest BCUT2D eigenvalue weighted by Gasteiger charge is -2.08. The van der Waals surface area contributed by atoms with Gasteiger partial charge in [0, 0.05) is 11.1 Å². The van der Waals surface area contributed by atoms with Crippen LogP contribution in [0.4, 0.5) is 0 Å². The van der Waals surface area contributed by atoms with E-state index in [9.17, 15) is 0 Å². The molecule has 0 saturated heterocycles. The van der Waals surface area contributed by atoms with Gasteiger partial charge in [0.05, 0.1) is 25.8 Å². The van der Waals surface area contributed by atoms with E-state index in [-0.39, 0.29) is 6.61 Å². The second-order valence-corrected chi connectivity index (χ2v) is 4.95. The predicted octanol–water partition coefficient (Wildman–Crippen LogP) is 3.17. The van der Waals surface area contributed by atoms with Crippen molar-refractivity contribution >= 4 is 6.21 Å². The lowest BCUT2D eigenvalue weighted by molar-refractivity contribution is 0.215. The maximum absolute atomic E-state index is 8.73. The van der Waals surface area contributed by atoms with E-state index in [0.29, 0.717) is 17.9 Å². The quantitative estimate of drug-likeness (QED) is 0.462. The minimum atomic E-state index is 0.227. The molecule has 2 aromatic carbocycles. The zero-order chi connectivity index (χ0) is 17.9. The average molecular weight is 334 g/mol. The van der Waals surface area contributed by atoms with E-state index in [1.54, 1.807) is 25.5 Å². The summed E-state index contributed by atoms with van der Waals surface area (Å²) in [5.41, 5.74) is 2.64. The summed E-state index contributed by atoms with van der Waals surface area (Å²) >= 11 is 0. The van der Waals surface area contributed by atoms with Crippen molar-refractivity contribution in [3.63, 3.8) is 0 Å². The van der Waals surface area contributed by atoms with Crippen LogP contribution in [0.15, 0.2) is 47.6 Å². The van der Waals surface area contributed by atoms with Crippen molar-refractivity contribution in [1.29, 1.82) is 5.26 Å². The summed E-state index contributed by atoms with van der Waals surface area (Å²) < 4.78 is 11.0. The minimum absolute atomic E-state index is 0.227. The third kappa shape index (κ3) is 5.60. The van der Waals surface area contributed by atoms with E-state index < -0.39 is 0 Å². The van der Waals surface area contributed by atoms with Gasteiger partial charge >= 0.3 is 0 Å². The molecule has 0 saturated carbocycles. The lowest BCUT2D eigenvalue weighted by atomic mass is 10.1. The molecule has 0 aliphatic carbocycles. The predicted molar refractivity (Wildman–Crippen MR) is 95.7 cm³/mol. The monoisotopic (exact) mass is 334 g/mol. The second-order valence-electron chi connectivity index (χ2n) is 4.95. The van der Waals surface area contributed by atoms with E-state index in [4.69, 9.17) is 14.7 Å². The van der Waals surface area contributed by atoms with Crippen molar-refractivity contribution in [1.82, 2.24) is 0 Å². The highest BCUT2D eigenvalue weighted by Crippen LogP contribution is 2.27. The van der Waals surface area contributed by atoms with E-state index >= 15 is 0 Å². The summed E-state index contributed by atoms with van der Waals surface area (Å²) in [4.78, 5) is 4.66. The summed E-state index contributed by atoms with van der Waals surface area (Å²) in [5.74, 6) is 7.19. The number of methoxy groups -OCH3 is 1. The molecule has 0 amide bonds. The Hall–Kier alpha value is -3.44.